The van der Waals surface area contributed by atoms with Gasteiger partial charge in [0, 0.05) is 10.6 Å². The number of anilines is 1. The molecule has 1 aromatic carbocycles. The highest BCUT2D eigenvalue weighted by Gasteiger charge is 2.12. The SMILES string of the molecule is Cc1ccc(C(=O)Nc2ccc(S(N)(=O)=O)cc2C)s1. The van der Waals surface area contributed by atoms with E-state index in [1.54, 1.807) is 13.0 Å². The maximum Gasteiger partial charge on any atom is 0.265 e. The maximum atomic E-state index is 12.0. The number of sulfonamides is 1. The summed E-state index contributed by atoms with van der Waals surface area (Å²) in [4.78, 5) is 13.7. The van der Waals surface area contributed by atoms with Crippen molar-refractivity contribution in [3.63, 3.8) is 0 Å². The lowest BCUT2D eigenvalue weighted by Gasteiger charge is -2.08. The Morgan fingerprint density at radius 1 is 1.20 bits per heavy atom. The van der Waals surface area contributed by atoms with Crippen LogP contribution in [0.5, 0.6) is 0 Å². The Labute approximate surface area is 121 Å². The van der Waals surface area contributed by atoms with Crippen molar-refractivity contribution in [3.8, 4) is 0 Å². The number of aryl methyl sites for hydroxylation is 2. The van der Waals surface area contributed by atoms with Gasteiger partial charge in [-0.25, -0.2) is 13.6 Å². The Balaban J connectivity index is 2.25. The van der Waals surface area contributed by atoms with Gasteiger partial charge in [0.15, 0.2) is 0 Å². The van der Waals surface area contributed by atoms with Gasteiger partial charge in [-0.05, 0) is 49.7 Å². The molecule has 0 aliphatic heterocycles. The van der Waals surface area contributed by atoms with Crippen molar-refractivity contribution in [1.29, 1.82) is 0 Å². The zero-order valence-corrected chi connectivity index (χ0v) is 12.6. The number of benzene rings is 1. The molecule has 0 radical (unpaired) electrons. The first-order valence-electron chi connectivity index (χ1n) is 5.78. The van der Waals surface area contributed by atoms with Crippen molar-refractivity contribution in [2.24, 2.45) is 5.14 Å². The Kier molecular flexibility index (Phi) is 3.94. The van der Waals surface area contributed by atoms with E-state index in [9.17, 15) is 13.2 Å². The summed E-state index contributed by atoms with van der Waals surface area (Å²) >= 11 is 1.40. The minimum Gasteiger partial charge on any atom is -0.321 e. The topological polar surface area (TPSA) is 89.3 Å². The standard InChI is InChI=1S/C13H14N2O3S2/c1-8-7-10(20(14,17)18)4-5-11(8)15-13(16)12-6-3-9(2)19-12/h3-7H,1-2H3,(H,15,16)(H2,14,17,18). The molecule has 2 rings (SSSR count). The summed E-state index contributed by atoms with van der Waals surface area (Å²) in [6, 6.07) is 7.97. The van der Waals surface area contributed by atoms with E-state index in [4.69, 9.17) is 5.14 Å². The van der Waals surface area contributed by atoms with E-state index in [-0.39, 0.29) is 10.8 Å². The highest BCUT2D eigenvalue weighted by atomic mass is 32.2. The first-order valence-corrected chi connectivity index (χ1v) is 8.15. The fourth-order valence-electron chi connectivity index (χ4n) is 1.69. The Bertz CT molecular complexity index is 764. The van der Waals surface area contributed by atoms with Crippen LogP contribution in [-0.2, 0) is 10.0 Å². The molecule has 1 heterocycles. The molecule has 2 aromatic rings. The van der Waals surface area contributed by atoms with Crippen molar-refractivity contribution in [2.75, 3.05) is 5.32 Å². The number of rotatable bonds is 3. The largest absolute Gasteiger partial charge is 0.321 e. The van der Waals surface area contributed by atoms with Gasteiger partial charge in [0.2, 0.25) is 10.0 Å². The van der Waals surface area contributed by atoms with Crippen LogP contribution in [0.1, 0.15) is 20.1 Å². The molecule has 7 heteroatoms. The third kappa shape index (κ3) is 3.24. The van der Waals surface area contributed by atoms with Gasteiger partial charge in [-0.15, -0.1) is 11.3 Å². The molecule has 0 spiro atoms. The van der Waals surface area contributed by atoms with Gasteiger partial charge in [0.1, 0.15) is 0 Å². The van der Waals surface area contributed by atoms with Crippen molar-refractivity contribution in [1.82, 2.24) is 0 Å². The number of carbonyl (C=O) groups excluding carboxylic acids is 1. The first kappa shape index (κ1) is 14.7. The van der Waals surface area contributed by atoms with Gasteiger partial charge in [-0.2, -0.15) is 0 Å². The highest BCUT2D eigenvalue weighted by molar-refractivity contribution is 7.89. The second kappa shape index (κ2) is 5.35. The van der Waals surface area contributed by atoms with Gasteiger partial charge in [0.05, 0.1) is 9.77 Å². The molecule has 3 N–H and O–H groups in total. The Morgan fingerprint density at radius 3 is 2.40 bits per heavy atom. The molecule has 1 aromatic heterocycles. The van der Waals surface area contributed by atoms with Crippen LogP contribution in [-0.4, -0.2) is 14.3 Å². The van der Waals surface area contributed by atoms with E-state index >= 15 is 0 Å². The molecule has 20 heavy (non-hydrogen) atoms. The van der Waals surface area contributed by atoms with Crippen LogP contribution in [0.15, 0.2) is 35.2 Å². The van der Waals surface area contributed by atoms with Crippen molar-refractivity contribution in [2.45, 2.75) is 18.7 Å². The molecule has 0 saturated heterocycles. The van der Waals surface area contributed by atoms with Crippen LogP contribution < -0.4 is 10.5 Å². The number of hydrogen-bond acceptors (Lipinski definition) is 4. The van der Waals surface area contributed by atoms with Crippen molar-refractivity contribution >= 4 is 33.0 Å². The van der Waals surface area contributed by atoms with Gasteiger partial charge >= 0.3 is 0 Å². The lowest BCUT2D eigenvalue weighted by atomic mass is 10.2. The first-order chi connectivity index (χ1) is 9.27. The summed E-state index contributed by atoms with van der Waals surface area (Å²) in [5.41, 5.74) is 1.20. The van der Waals surface area contributed by atoms with E-state index in [1.165, 1.54) is 29.5 Å². The van der Waals surface area contributed by atoms with Crippen molar-refractivity contribution < 1.29 is 13.2 Å². The molecule has 0 aliphatic rings. The normalized spacial score (nSPS) is 11.3. The predicted octanol–water partition coefficient (Wildman–Crippen LogP) is 2.26. The van der Waals surface area contributed by atoms with Crippen LogP contribution in [0, 0.1) is 13.8 Å². The zero-order chi connectivity index (χ0) is 14.9. The quantitative estimate of drug-likeness (QED) is 0.911. The summed E-state index contributed by atoms with van der Waals surface area (Å²) in [6.07, 6.45) is 0. The van der Waals surface area contributed by atoms with Crippen LogP contribution in [0.25, 0.3) is 0 Å². The number of nitrogens with two attached hydrogens (primary N) is 1. The number of hydrogen-bond donors (Lipinski definition) is 2. The van der Waals surface area contributed by atoms with Crippen LogP contribution in [0.3, 0.4) is 0 Å². The minimum atomic E-state index is -3.73. The summed E-state index contributed by atoms with van der Waals surface area (Å²) in [5, 5.41) is 7.81. The van der Waals surface area contributed by atoms with Gasteiger partial charge in [-0.3, -0.25) is 4.79 Å². The summed E-state index contributed by atoms with van der Waals surface area (Å²) in [7, 11) is -3.73. The Morgan fingerprint density at radius 2 is 1.90 bits per heavy atom. The molecular weight excluding hydrogens is 296 g/mol. The van der Waals surface area contributed by atoms with E-state index < -0.39 is 10.0 Å². The van der Waals surface area contributed by atoms with E-state index in [0.717, 1.165) is 4.88 Å². The molecule has 0 bridgehead atoms. The van der Waals surface area contributed by atoms with Gasteiger partial charge in [-0.1, -0.05) is 0 Å². The summed E-state index contributed by atoms with van der Waals surface area (Å²) < 4.78 is 22.5. The van der Waals surface area contributed by atoms with Gasteiger partial charge < -0.3 is 5.32 Å². The van der Waals surface area contributed by atoms with Crippen LogP contribution >= 0.6 is 11.3 Å². The zero-order valence-electron chi connectivity index (χ0n) is 11.0. The molecule has 0 aliphatic carbocycles. The predicted molar refractivity (Wildman–Crippen MR) is 79.6 cm³/mol. The maximum absolute atomic E-state index is 12.0. The van der Waals surface area contributed by atoms with E-state index in [1.807, 2.05) is 13.0 Å². The number of nitrogens with one attached hydrogen (secondary N) is 1. The molecule has 106 valence electrons. The number of carbonyl (C=O) groups is 1. The molecule has 1 amide bonds. The molecule has 0 saturated carbocycles. The number of thiophene rings is 1. The molecule has 0 fully saturated rings. The van der Waals surface area contributed by atoms with E-state index in [0.29, 0.717) is 16.1 Å². The Hall–Kier alpha value is -1.70. The average Bonchev–Trinajstić information content (AvgIpc) is 2.77. The van der Waals surface area contributed by atoms with Crippen molar-refractivity contribution in [3.05, 3.63) is 45.6 Å². The fourth-order valence-corrected chi connectivity index (χ4v) is 3.06. The second-order valence-electron chi connectivity index (χ2n) is 4.39. The lowest BCUT2D eigenvalue weighted by molar-refractivity contribution is 0.103. The smallest absolute Gasteiger partial charge is 0.265 e. The van der Waals surface area contributed by atoms with E-state index in [2.05, 4.69) is 5.32 Å². The summed E-state index contributed by atoms with van der Waals surface area (Å²) in [6.45, 7) is 3.64. The molecule has 0 unspecified atom stereocenters. The van der Waals surface area contributed by atoms with Gasteiger partial charge in [0.25, 0.3) is 5.91 Å². The minimum absolute atomic E-state index is 0.0277. The van der Waals surface area contributed by atoms with Crippen LogP contribution in [0.4, 0.5) is 5.69 Å². The molecular formula is C13H14N2O3S2. The summed E-state index contributed by atoms with van der Waals surface area (Å²) in [5.74, 6) is -0.213. The number of amides is 1. The number of primary sulfonamides is 1. The third-order valence-corrected chi connectivity index (χ3v) is 4.65. The second-order valence-corrected chi connectivity index (χ2v) is 7.24. The molecule has 0 atom stereocenters. The monoisotopic (exact) mass is 310 g/mol. The fraction of sp³-hybridized carbons (Fsp3) is 0.154. The lowest BCUT2D eigenvalue weighted by Crippen LogP contribution is -2.14. The van der Waals surface area contributed by atoms with Crippen LogP contribution in [0.2, 0.25) is 0 Å². The highest BCUT2D eigenvalue weighted by Crippen LogP contribution is 2.21. The third-order valence-electron chi connectivity index (χ3n) is 2.74. The molecule has 5 nitrogen and oxygen atoms in total. The average molecular weight is 310 g/mol.